The van der Waals surface area contributed by atoms with E-state index >= 15 is 0 Å². The topological polar surface area (TPSA) is 49.8 Å². The molecule has 1 aromatic carbocycles. The SMILES string of the molecule is CN1[C@@H]2CC=C(OC(=O)C(O)(c3ccccc3)C3CCC3)[C@H]1CC2. The molecule has 0 aromatic heterocycles. The van der Waals surface area contributed by atoms with Crippen LogP contribution in [-0.2, 0) is 15.1 Å². The lowest BCUT2D eigenvalue weighted by Crippen LogP contribution is -2.48. The number of fused-ring (bicyclic) bond motifs is 2. The van der Waals surface area contributed by atoms with Crippen LogP contribution in [0.1, 0.15) is 44.1 Å². The van der Waals surface area contributed by atoms with Crippen molar-refractivity contribution in [2.45, 2.75) is 56.2 Å². The highest BCUT2D eigenvalue weighted by molar-refractivity contribution is 5.82. The molecule has 1 saturated heterocycles. The van der Waals surface area contributed by atoms with Gasteiger partial charge in [0.2, 0.25) is 0 Å². The van der Waals surface area contributed by atoms with Gasteiger partial charge in [-0.15, -0.1) is 0 Å². The molecule has 1 saturated carbocycles. The lowest BCUT2D eigenvalue weighted by Gasteiger charge is -2.40. The minimum atomic E-state index is -1.53. The van der Waals surface area contributed by atoms with Gasteiger partial charge in [0.15, 0.2) is 5.60 Å². The number of hydrogen-bond donors (Lipinski definition) is 1. The van der Waals surface area contributed by atoms with E-state index in [0.717, 1.165) is 44.3 Å². The highest BCUT2D eigenvalue weighted by atomic mass is 16.6. The maximum Gasteiger partial charge on any atom is 0.348 e. The number of ether oxygens (including phenoxy) is 1. The number of carbonyl (C=O) groups excluding carboxylic acids is 1. The van der Waals surface area contributed by atoms with Crippen LogP contribution >= 0.6 is 0 Å². The second kappa shape index (κ2) is 6.01. The van der Waals surface area contributed by atoms with E-state index in [1.165, 1.54) is 0 Å². The minimum absolute atomic E-state index is 0.0503. The molecule has 1 aliphatic carbocycles. The van der Waals surface area contributed by atoms with Crippen LogP contribution in [0.2, 0.25) is 0 Å². The van der Waals surface area contributed by atoms with Crippen molar-refractivity contribution in [2.75, 3.05) is 7.05 Å². The van der Waals surface area contributed by atoms with Crippen LogP contribution in [0, 0.1) is 5.92 Å². The fourth-order valence-corrected chi connectivity index (χ4v) is 4.36. The van der Waals surface area contributed by atoms with Gasteiger partial charge in [0.1, 0.15) is 5.76 Å². The van der Waals surface area contributed by atoms with Gasteiger partial charge in [0, 0.05) is 12.0 Å². The van der Waals surface area contributed by atoms with Crippen molar-refractivity contribution in [1.29, 1.82) is 0 Å². The van der Waals surface area contributed by atoms with Crippen molar-refractivity contribution < 1.29 is 14.6 Å². The number of likely N-dealkylation sites (N-methyl/N-ethyl adjacent to an activating group) is 1. The van der Waals surface area contributed by atoms with Gasteiger partial charge in [0.05, 0.1) is 6.04 Å². The summed E-state index contributed by atoms with van der Waals surface area (Å²) >= 11 is 0. The molecule has 2 fully saturated rings. The zero-order valence-electron chi connectivity index (χ0n) is 14.1. The summed E-state index contributed by atoms with van der Waals surface area (Å²) in [4.78, 5) is 15.3. The van der Waals surface area contributed by atoms with Gasteiger partial charge in [-0.2, -0.15) is 0 Å². The molecule has 4 heteroatoms. The molecule has 0 amide bonds. The van der Waals surface area contributed by atoms with E-state index in [1.54, 1.807) is 0 Å². The fraction of sp³-hybridized carbons (Fsp3) is 0.550. The van der Waals surface area contributed by atoms with Crippen LogP contribution in [0.15, 0.2) is 42.2 Å². The van der Waals surface area contributed by atoms with Gasteiger partial charge in [0.25, 0.3) is 0 Å². The first-order valence-corrected chi connectivity index (χ1v) is 9.03. The molecule has 2 heterocycles. The number of hydrogen-bond acceptors (Lipinski definition) is 4. The van der Waals surface area contributed by atoms with Gasteiger partial charge >= 0.3 is 5.97 Å². The van der Waals surface area contributed by atoms with E-state index in [4.69, 9.17) is 4.74 Å². The molecule has 1 unspecified atom stereocenters. The number of esters is 1. The van der Waals surface area contributed by atoms with Gasteiger partial charge in [-0.3, -0.25) is 4.90 Å². The maximum atomic E-state index is 13.0. The predicted octanol–water partition coefficient (Wildman–Crippen LogP) is 2.97. The monoisotopic (exact) mass is 327 g/mol. The van der Waals surface area contributed by atoms with Crippen molar-refractivity contribution in [3.8, 4) is 0 Å². The average Bonchev–Trinajstić information content (AvgIpc) is 2.77. The van der Waals surface area contributed by atoms with Crippen molar-refractivity contribution in [1.82, 2.24) is 4.90 Å². The average molecular weight is 327 g/mol. The van der Waals surface area contributed by atoms with E-state index in [1.807, 2.05) is 36.4 Å². The Morgan fingerprint density at radius 1 is 1.21 bits per heavy atom. The number of benzene rings is 1. The summed E-state index contributed by atoms with van der Waals surface area (Å²) in [7, 11) is 2.10. The molecule has 128 valence electrons. The molecule has 0 spiro atoms. The molecular formula is C20H25NO3. The summed E-state index contributed by atoms with van der Waals surface area (Å²) in [5, 5.41) is 11.3. The molecule has 0 radical (unpaired) electrons. The second-order valence-corrected chi connectivity index (χ2v) is 7.40. The number of rotatable bonds is 4. The van der Waals surface area contributed by atoms with Crippen LogP contribution in [0.3, 0.4) is 0 Å². The molecule has 3 aliphatic rings. The summed E-state index contributed by atoms with van der Waals surface area (Å²) in [6.45, 7) is 0. The summed E-state index contributed by atoms with van der Waals surface area (Å²) in [6.07, 6.45) is 7.92. The summed E-state index contributed by atoms with van der Waals surface area (Å²) in [5.74, 6) is 0.166. The van der Waals surface area contributed by atoms with Gasteiger partial charge in [-0.1, -0.05) is 36.8 Å². The highest BCUT2D eigenvalue weighted by Crippen LogP contribution is 2.44. The Kier molecular flexibility index (Phi) is 3.97. The van der Waals surface area contributed by atoms with Crippen LogP contribution in [-0.4, -0.2) is 35.1 Å². The zero-order valence-corrected chi connectivity index (χ0v) is 14.1. The van der Waals surface area contributed by atoms with Crippen molar-refractivity contribution >= 4 is 5.97 Å². The van der Waals surface area contributed by atoms with Crippen molar-refractivity contribution in [3.05, 3.63) is 47.7 Å². The first kappa shape index (κ1) is 15.9. The molecule has 4 nitrogen and oxygen atoms in total. The maximum absolute atomic E-state index is 13.0. The van der Waals surface area contributed by atoms with Gasteiger partial charge in [-0.25, -0.2) is 4.79 Å². The Bertz CT molecular complexity index is 652. The summed E-state index contributed by atoms with van der Waals surface area (Å²) in [6, 6.07) is 10.0. The van der Waals surface area contributed by atoms with Crippen LogP contribution in [0.4, 0.5) is 0 Å². The van der Waals surface area contributed by atoms with E-state index in [0.29, 0.717) is 11.6 Å². The third kappa shape index (κ3) is 2.40. The number of aliphatic hydroxyl groups is 1. The van der Waals surface area contributed by atoms with Crippen LogP contribution < -0.4 is 0 Å². The van der Waals surface area contributed by atoms with Crippen LogP contribution in [0.5, 0.6) is 0 Å². The lowest BCUT2D eigenvalue weighted by molar-refractivity contribution is -0.175. The third-order valence-corrected chi connectivity index (χ3v) is 6.19. The third-order valence-electron chi connectivity index (χ3n) is 6.19. The van der Waals surface area contributed by atoms with Crippen LogP contribution in [0.25, 0.3) is 0 Å². The molecule has 2 bridgehead atoms. The van der Waals surface area contributed by atoms with E-state index in [2.05, 4.69) is 11.9 Å². The van der Waals surface area contributed by atoms with E-state index in [-0.39, 0.29) is 12.0 Å². The zero-order chi connectivity index (χ0) is 16.7. The van der Waals surface area contributed by atoms with Crippen molar-refractivity contribution in [3.63, 3.8) is 0 Å². The lowest BCUT2D eigenvalue weighted by atomic mass is 9.69. The minimum Gasteiger partial charge on any atom is -0.427 e. The normalized spacial score (nSPS) is 29.5. The standard InChI is InChI=1S/C20H25NO3/c1-21-16-10-12-17(21)18(13-11-16)24-19(22)20(23,15-8-5-9-15)14-6-3-2-4-7-14/h2-4,6-7,13,15-17,23H,5,8-12H2,1H3/t16-,17+,20?/m0/s1. The molecule has 2 aliphatic heterocycles. The van der Waals surface area contributed by atoms with Crippen molar-refractivity contribution in [2.24, 2.45) is 5.92 Å². The Hall–Kier alpha value is -1.65. The fourth-order valence-electron chi connectivity index (χ4n) is 4.36. The summed E-state index contributed by atoms with van der Waals surface area (Å²) < 4.78 is 5.80. The van der Waals surface area contributed by atoms with Gasteiger partial charge in [-0.05, 0) is 50.8 Å². The second-order valence-electron chi connectivity index (χ2n) is 7.40. The van der Waals surface area contributed by atoms with E-state index in [9.17, 15) is 9.90 Å². The Labute approximate surface area is 143 Å². The largest absolute Gasteiger partial charge is 0.427 e. The number of carbonyl (C=O) groups is 1. The Balaban J connectivity index is 1.60. The number of nitrogens with zero attached hydrogens (tertiary/aromatic N) is 1. The van der Waals surface area contributed by atoms with E-state index < -0.39 is 11.6 Å². The Morgan fingerprint density at radius 2 is 1.96 bits per heavy atom. The van der Waals surface area contributed by atoms with Gasteiger partial charge < -0.3 is 9.84 Å². The first-order chi connectivity index (χ1) is 11.6. The molecular weight excluding hydrogens is 302 g/mol. The smallest absolute Gasteiger partial charge is 0.348 e. The Morgan fingerprint density at radius 3 is 2.62 bits per heavy atom. The molecule has 3 atom stereocenters. The predicted molar refractivity (Wildman–Crippen MR) is 91.0 cm³/mol. The first-order valence-electron chi connectivity index (χ1n) is 9.03. The quantitative estimate of drug-likeness (QED) is 0.864. The molecule has 4 rings (SSSR count). The molecule has 1 aromatic rings. The molecule has 24 heavy (non-hydrogen) atoms. The summed E-state index contributed by atoms with van der Waals surface area (Å²) in [5.41, 5.74) is -0.886. The highest BCUT2D eigenvalue weighted by Gasteiger charge is 2.50. The molecule has 1 N–H and O–H groups in total.